The molecule has 0 aliphatic carbocycles. The number of hydrogen-bond donors (Lipinski definition) is 1. The molecule has 0 fully saturated rings. The number of hydrogen-bond acceptors (Lipinski definition) is 3. The zero-order chi connectivity index (χ0) is 13.9. The number of nitrogens with one attached hydrogen (secondary N) is 1. The monoisotopic (exact) mass is 293 g/mol. The smallest absolute Gasteiger partial charge is 0.229 e. The first-order valence-electron chi connectivity index (χ1n) is 5.75. The normalized spacial score (nSPS) is 11.3. The summed E-state index contributed by atoms with van der Waals surface area (Å²) in [5.74, 6) is 0. The van der Waals surface area contributed by atoms with Crippen LogP contribution in [0.5, 0.6) is 0 Å². The second-order valence-electron chi connectivity index (χ2n) is 4.29. The summed E-state index contributed by atoms with van der Waals surface area (Å²) >= 11 is 1.54. The Hall–Kier alpha value is -1.46. The first-order valence-corrected chi connectivity index (χ1v) is 8.46. The van der Waals surface area contributed by atoms with Crippen LogP contribution in [0.2, 0.25) is 0 Å². The van der Waals surface area contributed by atoms with Gasteiger partial charge in [0, 0.05) is 9.79 Å². The molecular formula is C14H15NO2S2. The van der Waals surface area contributed by atoms with Gasteiger partial charge in [0.1, 0.15) is 0 Å². The number of aryl methyl sites for hydroxylation is 1. The van der Waals surface area contributed by atoms with Gasteiger partial charge < -0.3 is 0 Å². The van der Waals surface area contributed by atoms with Gasteiger partial charge >= 0.3 is 0 Å². The average molecular weight is 293 g/mol. The molecule has 0 amide bonds. The summed E-state index contributed by atoms with van der Waals surface area (Å²) in [5, 5.41) is 0. The third-order valence-electron chi connectivity index (χ3n) is 2.40. The third-order valence-corrected chi connectivity index (χ3v) is 4.06. The third kappa shape index (κ3) is 4.29. The van der Waals surface area contributed by atoms with Crippen LogP contribution < -0.4 is 4.72 Å². The van der Waals surface area contributed by atoms with Gasteiger partial charge in [-0.2, -0.15) is 0 Å². The molecule has 100 valence electrons. The molecule has 0 bridgehead atoms. The summed E-state index contributed by atoms with van der Waals surface area (Å²) in [6.45, 7) is 1.99. The fourth-order valence-corrected chi connectivity index (χ4v) is 3.28. The predicted molar refractivity (Wildman–Crippen MR) is 80.2 cm³/mol. The molecule has 0 saturated carbocycles. The van der Waals surface area contributed by atoms with E-state index in [0.717, 1.165) is 21.6 Å². The fraction of sp³-hybridized carbons (Fsp3) is 0.143. The highest BCUT2D eigenvalue weighted by molar-refractivity contribution is 7.99. The van der Waals surface area contributed by atoms with Crippen molar-refractivity contribution in [1.29, 1.82) is 0 Å². The molecule has 2 aromatic carbocycles. The molecule has 1 N–H and O–H groups in total. The Balaban J connectivity index is 2.35. The van der Waals surface area contributed by atoms with Gasteiger partial charge in [0.2, 0.25) is 10.0 Å². The topological polar surface area (TPSA) is 46.2 Å². The van der Waals surface area contributed by atoms with Gasteiger partial charge in [0.05, 0.1) is 11.9 Å². The minimum atomic E-state index is -3.27. The van der Waals surface area contributed by atoms with E-state index in [1.165, 1.54) is 0 Å². The summed E-state index contributed by atoms with van der Waals surface area (Å²) in [7, 11) is -3.27. The lowest BCUT2D eigenvalue weighted by molar-refractivity contribution is 0.606. The van der Waals surface area contributed by atoms with Crippen molar-refractivity contribution in [2.45, 2.75) is 16.7 Å². The molecule has 0 spiro atoms. The van der Waals surface area contributed by atoms with Crippen LogP contribution in [-0.2, 0) is 10.0 Å². The van der Waals surface area contributed by atoms with E-state index in [-0.39, 0.29) is 0 Å². The van der Waals surface area contributed by atoms with Crippen molar-refractivity contribution in [2.24, 2.45) is 0 Å². The number of rotatable bonds is 4. The standard InChI is InChI=1S/C14H15NO2S2/c1-11-8-9-13(15-19(2,16)17)14(10-11)18-12-6-4-3-5-7-12/h3-10,15H,1-2H3. The zero-order valence-electron chi connectivity index (χ0n) is 10.8. The van der Waals surface area contributed by atoms with Gasteiger partial charge in [-0.25, -0.2) is 8.42 Å². The Morgan fingerprint density at radius 1 is 1.05 bits per heavy atom. The van der Waals surface area contributed by atoms with Gasteiger partial charge in [0.15, 0.2) is 0 Å². The zero-order valence-corrected chi connectivity index (χ0v) is 12.4. The molecule has 2 aromatic rings. The maximum atomic E-state index is 11.4. The second kappa shape index (κ2) is 5.67. The summed E-state index contributed by atoms with van der Waals surface area (Å²) in [4.78, 5) is 1.97. The molecule has 3 nitrogen and oxygen atoms in total. The minimum absolute atomic E-state index is 0.613. The van der Waals surface area contributed by atoms with Crippen LogP contribution in [0.1, 0.15) is 5.56 Å². The lowest BCUT2D eigenvalue weighted by Crippen LogP contribution is -2.10. The first kappa shape index (κ1) is 14.0. The predicted octanol–water partition coefficient (Wildman–Crippen LogP) is 3.52. The quantitative estimate of drug-likeness (QED) is 0.938. The van der Waals surface area contributed by atoms with Crippen LogP contribution in [-0.4, -0.2) is 14.7 Å². The molecule has 0 heterocycles. The van der Waals surface area contributed by atoms with E-state index in [2.05, 4.69) is 4.72 Å². The lowest BCUT2D eigenvalue weighted by Gasteiger charge is -2.11. The maximum Gasteiger partial charge on any atom is 0.229 e. The van der Waals surface area contributed by atoms with Crippen molar-refractivity contribution in [3.8, 4) is 0 Å². The van der Waals surface area contributed by atoms with Crippen molar-refractivity contribution in [2.75, 3.05) is 11.0 Å². The summed E-state index contributed by atoms with van der Waals surface area (Å²) in [6, 6.07) is 15.5. The molecule has 19 heavy (non-hydrogen) atoms. The van der Waals surface area contributed by atoms with Crippen LogP contribution in [0.3, 0.4) is 0 Å². The highest BCUT2D eigenvalue weighted by Crippen LogP contribution is 2.34. The summed E-state index contributed by atoms with van der Waals surface area (Å²) in [6.07, 6.45) is 1.16. The molecule has 0 aliphatic heterocycles. The second-order valence-corrected chi connectivity index (χ2v) is 7.15. The first-order chi connectivity index (χ1) is 8.94. The van der Waals surface area contributed by atoms with E-state index in [0.29, 0.717) is 5.69 Å². The highest BCUT2D eigenvalue weighted by atomic mass is 32.2. The van der Waals surface area contributed by atoms with Crippen LogP contribution >= 0.6 is 11.8 Å². The highest BCUT2D eigenvalue weighted by Gasteiger charge is 2.09. The Kier molecular flexibility index (Phi) is 4.17. The molecule has 2 rings (SSSR count). The maximum absolute atomic E-state index is 11.4. The largest absolute Gasteiger partial charge is 0.283 e. The van der Waals surface area contributed by atoms with Gasteiger partial charge in [0.25, 0.3) is 0 Å². The summed E-state index contributed by atoms with van der Waals surface area (Å²) < 4.78 is 25.3. The summed E-state index contributed by atoms with van der Waals surface area (Å²) in [5.41, 5.74) is 1.71. The van der Waals surface area contributed by atoms with Crippen molar-refractivity contribution in [3.63, 3.8) is 0 Å². The van der Waals surface area contributed by atoms with Crippen LogP contribution in [0.15, 0.2) is 58.3 Å². The van der Waals surface area contributed by atoms with E-state index in [9.17, 15) is 8.42 Å². The minimum Gasteiger partial charge on any atom is -0.283 e. The number of anilines is 1. The fourth-order valence-electron chi connectivity index (χ4n) is 1.61. The molecule has 0 aliphatic rings. The van der Waals surface area contributed by atoms with Gasteiger partial charge in [-0.1, -0.05) is 36.0 Å². The SMILES string of the molecule is Cc1ccc(NS(C)(=O)=O)c(Sc2ccccc2)c1. The Morgan fingerprint density at radius 2 is 1.74 bits per heavy atom. The Morgan fingerprint density at radius 3 is 2.37 bits per heavy atom. The van der Waals surface area contributed by atoms with Crippen molar-refractivity contribution in [3.05, 3.63) is 54.1 Å². The van der Waals surface area contributed by atoms with E-state index in [4.69, 9.17) is 0 Å². The van der Waals surface area contributed by atoms with E-state index in [1.54, 1.807) is 17.8 Å². The molecule has 0 radical (unpaired) electrons. The van der Waals surface area contributed by atoms with Crippen molar-refractivity contribution in [1.82, 2.24) is 0 Å². The molecule has 0 saturated heterocycles. The van der Waals surface area contributed by atoms with Crippen LogP contribution in [0.25, 0.3) is 0 Å². The van der Waals surface area contributed by atoms with Gasteiger partial charge in [-0.05, 0) is 36.8 Å². The van der Waals surface area contributed by atoms with Gasteiger partial charge in [-0.15, -0.1) is 0 Å². The average Bonchev–Trinajstić information content (AvgIpc) is 2.32. The Bertz CT molecular complexity index is 667. The van der Waals surface area contributed by atoms with Crippen LogP contribution in [0.4, 0.5) is 5.69 Å². The molecule has 0 unspecified atom stereocenters. The van der Waals surface area contributed by atoms with Crippen molar-refractivity contribution < 1.29 is 8.42 Å². The van der Waals surface area contributed by atoms with Gasteiger partial charge in [-0.3, -0.25) is 4.72 Å². The van der Waals surface area contributed by atoms with Crippen molar-refractivity contribution >= 4 is 27.5 Å². The van der Waals surface area contributed by atoms with E-state index < -0.39 is 10.0 Å². The molecule has 0 aromatic heterocycles. The van der Waals surface area contributed by atoms with E-state index in [1.807, 2.05) is 49.4 Å². The number of sulfonamides is 1. The lowest BCUT2D eigenvalue weighted by atomic mass is 10.2. The molecule has 0 atom stereocenters. The molecule has 5 heteroatoms. The molecular weight excluding hydrogens is 278 g/mol. The van der Waals surface area contributed by atoms with Crippen LogP contribution in [0, 0.1) is 6.92 Å². The van der Waals surface area contributed by atoms with E-state index >= 15 is 0 Å². The number of benzene rings is 2. The Labute approximate surface area is 118 Å².